The molecule has 0 aliphatic carbocycles. The van der Waals surface area contributed by atoms with Crippen LogP contribution in [0.1, 0.15) is 31.7 Å². The van der Waals surface area contributed by atoms with E-state index in [1.807, 2.05) is 13.0 Å². The SMILES string of the molecule is CCCCS(=O)CCC(=O)Nc1cccc(N)c1C. The van der Waals surface area contributed by atoms with E-state index >= 15 is 0 Å². The van der Waals surface area contributed by atoms with Gasteiger partial charge in [-0.15, -0.1) is 0 Å². The fraction of sp³-hybridized carbons (Fsp3) is 0.500. The Morgan fingerprint density at radius 3 is 2.79 bits per heavy atom. The Balaban J connectivity index is 2.43. The van der Waals surface area contributed by atoms with Crippen LogP contribution >= 0.6 is 0 Å². The molecule has 0 bridgehead atoms. The van der Waals surface area contributed by atoms with Gasteiger partial charge in [-0.25, -0.2) is 0 Å². The molecular formula is C14H22N2O2S. The van der Waals surface area contributed by atoms with E-state index in [1.165, 1.54) is 0 Å². The van der Waals surface area contributed by atoms with Crippen LogP contribution in [0.2, 0.25) is 0 Å². The molecule has 0 radical (unpaired) electrons. The molecule has 106 valence electrons. The molecule has 1 aromatic carbocycles. The molecule has 5 heteroatoms. The number of rotatable bonds is 7. The summed E-state index contributed by atoms with van der Waals surface area (Å²) in [6.07, 6.45) is 2.26. The van der Waals surface area contributed by atoms with Crippen molar-refractivity contribution in [2.75, 3.05) is 22.6 Å². The minimum atomic E-state index is -0.894. The fourth-order valence-electron chi connectivity index (χ4n) is 1.62. The first-order valence-electron chi connectivity index (χ1n) is 6.54. The average molecular weight is 282 g/mol. The molecule has 19 heavy (non-hydrogen) atoms. The zero-order chi connectivity index (χ0) is 14.3. The molecule has 1 aromatic rings. The van der Waals surface area contributed by atoms with Crippen molar-refractivity contribution in [3.05, 3.63) is 23.8 Å². The molecule has 1 atom stereocenters. The smallest absolute Gasteiger partial charge is 0.225 e. The maximum atomic E-state index is 11.8. The van der Waals surface area contributed by atoms with Crippen molar-refractivity contribution in [3.8, 4) is 0 Å². The number of carbonyl (C=O) groups excluding carboxylic acids is 1. The Bertz CT molecular complexity index is 461. The second-order valence-electron chi connectivity index (χ2n) is 4.52. The van der Waals surface area contributed by atoms with E-state index in [1.54, 1.807) is 12.1 Å². The Kier molecular flexibility index (Phi) is 6.56. The van der Waals surface area contributed by atoms with Crippen LogP contribution in [-0.4, -0.2) is 21.6 Å². The fourth-order valence-corrected chi connectivity index (χ4v) is 2.84. The molecule has 0 saturated carbocycles. The molecule has 0 saturated heterocycles. The van der Waals surface area contributed by atoms with Crippen molar-refractivity contribution >= 4 is 28.1 Å². The summed E-state index contributed by atoms with van der Waals surface area (Å²) in [7, 11) is -0.894. The molecule has 0 aromatic heterocycles. The lowest BCUT2D eigenvalue weighted by Crippen LogP contribution is -2.16. The Hall–Kier alpha value is -1.36. The van der Waals surface area contributed by atoms with Crippen molar-refractivity contribution in [1.29, 1.82) is 0 Å². The van der Waals surface area contributed by atoms with Gasteiger partial charge in [0.15, 0.2) is 0 Å². The number of nitrogens with two attached hydrogens (primary N) is 1. The third-order valence-corrected chi connectivity index (χ3v) is 4.34. The summed E-state index contributed by atoms with van der Waals surface area (Å²) in [5.41, 5.74) is 8.02. The number of amides is 1. The van der Waals surface area contributed by atoms with E-state index in [4.69, 9.17) is 5.73 Å². The topological polar surface area (TPSA) is 72.2 Å². The van der Waals surface area contributed by atoms with E-state index in [0.29, 0.717) is 17.2 Å². The van der Waals surface area contributed by atoms with Crippen LogP contribution in [0.3, 0.4) is 0 Å². The number of hydrogen-bond acceptors (Lipinski definition) is 3. The highest BCUT2D eigenvalue weighted by Gasteiger charge is 2.08. The lowest BCUT2D eigenvalue weighted by Gasteiger charge is -2.10. The van der Waals surface area contributed by atoms with Crippen LogP contribution in [0.15, 0.2) is 18.2 Å². The Labute approximate surface area is 117 Å². The summed E-state index contributed by atoms with van der Waals surface area (Å²) in [5, 5.41) is 2.81. The highest BCUT2D eigenvalue weighted by Crippen LogP contribution is 2.20. The molecule has 0 spiro atoms. The largest absolute Gasteiger partial charge is 0.398 e. The minimum Gasteiger partial charge on any atom is -0.398 e. The molecular weight excluding hydrogens is 260 g/mol. The predicted octanol–water partition coefficient (Wildman–Crippen LogP) is 2.45. The second-order valence-corrected chi connectivity index (χ2v) is 6.22. The standard InChI is InChI=1S/C14H22N2O2S/c1-3-4-9-19(18)10-8-14(17)16-13-7-5-6-12(15)11(13)2/h5-7H,3-4,8-10,15H2,1-2H3,(H,16,17). The maximum absolute atomic E-state index is 11.8. The first-order chi connectivity index (χ1) is 9.04. The third kappa shape index (κ3) is 5.42. The van der Waals surface area contributed by atoms with Crippen molar-refractivity contribution in [3.63, 3.8) is 0 Å². The molecule has 0 heterocycles. The monoisotopic (exact) mass is 282 g/mol. The van der Waals surface area contributed by atoms with Crippen LogP contribution in [0.4, 0.5) is 11.4 Å². The van der Waals surface area contributed by atoms with E-state index in [2.05, 4.69) is 12.2 Å². The van der Waals surface area contributed by atoms with E-state index < -0.39 is 10.8 Å². The number of anilines is 2. The van der Waals surface area contributed by atoms with Gasteiger partial charge >= 0.3 is 0 Å². The quantitative estimate of drug-likeness (QED) is 0.755. The molecule has 0 aliphatic rings. The summed E-state index contributed by atoms with van der Waals surface area (Å²) in [5.74, 6) is 0.993. The van der Waals surface area contributed by atoms with E-state index in [-0.39, 0.29) is 12.3 Å². The van der Waals surface area contributed by atoms with Crippen LogP contribution < -0.4 is 11.1 Å². The van der Waals surface area contributed by atoms with Crippen molar-refractivity contribution in [2.45, 2.75) is 33.1 Å². The molecule has 1 amide bonds. The summed E-state index contributed by atoms with van der Waals surface area (Å²) < 4.78 is 11.6. The zero-order valence-electron chi connectivity index (χ0n) is 11.6. The molecule has 1 unspecified atom stereocenters. The lowest BCUT2D eigenvalue weighted by molar-refractivity contribution is -0.115. The molecule has 4 nitrogen and oxygen atoms in total. The second kappa shape index (κ2) is 7.94. The van der Waals surface area contributed by atoms with Gasteiger partial charge in [-0.05, 0) is 31.0 Å². The van der Waals surface area contributed by atoms with Gasteiger partial charge in [0.05, 0.1) is 0 Å². The highest BCUT2D eigenvalue weighted by molar-refractivity contribution is 7.84. The van der Waals surface area contributed by atoms with E-state index in [0.717, 1.165) is 24.1 Å². The van der Waals surface area contributed by atoms with Gasteiger partial charge in [-0.2, -0.15) is 0 Å². The van der Waals surface area contributed by atoms with Crippen LogP contribution in [-0.2, 0) is 15.6 Å². The lowest BCUT2D eigenvalue weighted by atomic mass is 10.1. The predicted molar refractivity (Wildman–Crippen MR) is 81.6 cm³/mol. The molecule has 0 fully saturated rings. The van der Waals surface area contributed by atoms with Crippen molar-refractivity contribution < 1.29 is 9.00 Å². The van der Waals surface area contributed by atoms with Crippen LogP contribution in [0, 0.1) is 6.92 Å². The van der Waals surface area contributed by atoms with Gasteiger partial charge in [0, 0.05) is 40.1 Å². The number of nitrogens with one attached hydrogen (secondary N) is 1. The average Bonchev–Trinajstić information content (AvgIpc) is 2.39. The van der Waals surface area contributed by atoms with E-state index in [9.17, 15) is 9.00 Å². The van der Waals surface area contributed by atoms with Crippen LogP contribution in [0.25, 0.3) is 0 Å². The van der Waals surface area contributed by atoms with Gasteiger partial charge in [0.1, 0.15) is 0 Å². The first kappa shape index (κ1) is 15.7. The Morgan fingerprint density at radius 1 is 1.37 bits per heavy atom. The highest BCUT2D eigenvalue weighted by atomic mass is 32.2. The number of nitrogen functional groups attached to an aromatic ring is 1. The normalized spacial score (nSPS) is 12.1. The number of benzene rings is 1. The van der Waals surface area contributed by atoms with Gasteiger partial charge in [0.25, 0.3) is 0 Å². The summed E-state index contributed by atoms with van der Waals surface area (Å²) >= 11 is 0. The van der Waals surface area contributed by atoms with Gasteiger partial charge < -0.3 is 11.1 Å². The van der Waals surface area contributed by atoms with Crippen molar-refractivity contribution in [2.24, 2.45) is 0 Å². The van der Waals surface area contributed by atoms with Crippen molar-refractivity contribution in [1.82, 2.24) is 0 Å². The van der Waals surface area contributed by atoms with Gasteiger partial charge in [-0.1, -0.05) is 19.4 Å². The number of unbranched alkanes of at least 4 members (excludes halogenated alkanes) is 1. The summed E-state index contributed by atoms with van der Waals surface area (Å²) in [4.78, 5) is 11.8. The Morgan fingerprint density at radius 2 is 2.11 bits per heavy atom. The van der Waals surface area contributed by atoms with Crippen LogP contribution in [0.5, 0.6) is 0 Å². The van der Waals surface area contributed by atoms with Gasteiger partial charge in [-0.3, -0.25) is 9.00 Å². The third-order valence-electron chi connectivity index (χ3n) is 2.93. The maximum Gasteiger partial charge on any atom is 0.225 e. The number of carbonyl (C=O) groups is 1. The first-order valence-corrected chi connectivity index (χ1v) is 8.03. The minimum absolute atomic E-state index is 0.112. The summed E-state index contributed by atoms with van der Waals surface area (Å²) in [6, 6.07) is 5.42. The van der Waals surface area contributed by atoms with Gasteiger partial charge in [0.2, 0.25) is 5.91 Å². The molecule has 3 N–H and O–H groups in total. The summed E-state index contributed by atoms with van der Waals surface area (Å²) in [6.45, 7) is 3.93. The molecule has 1 rings (SSSR count). The molecule has 0 aliphatic heterocycles. The zero-order valence-corrected chi connectivity index (χ0v) is 12.4. The number of hydrogen-bond donors (Lipinski definition) is 2.